The Bertz CT molecular complexity index is 257. The Labute approximate surface area is 63.8 Å². The first kappa shape index (κ1) is 6.33. The molecule has 2 aliphatic heterocycles. The van der Waals surface area contributed by atoms with Gasteiger partial charge in [0.1, 0.15) is 6.34 Å². The van der Waals surface area contributed by atoms with E-state index in [1.807, 2.05) is 6.92 Å². The van der Waals surface area contributed by atoms with Crippen LogP contribution in [0, 0.1) is 0 Å². The molecule has 0 saturated carbocycles. The average molecular weight is 152 g/mol. The predicted molar refractivity (Wildman–Crippen MR) is 40.0 cm³/mol. The number of fused-ring (bicyclic) bond motifs is 1. The van der Waals surface area contributed by atoms with E-state index in [-0.39, 0.29) is 12.2 Å². The molecule has 2 heterocycles. The summed E-state index contributed by atoms with van der Waals surface area (Å²) in [5.74, 6) is 0.0278. The molecule has 0 aromatic heterocycles. The zero-order chi connectivity index (χ0) is 7.84. The first-order valence-corrected chi connectivity index (χ1v) is 3.40. The Kier molecular flexibility index (Phi) is 1.18. The molecule has 2 aliphatic rings. The van der Waals surface area contributed by atoms with Crippen LogP contribution in [0.2, 0.25) is 0 Å². The number of nitrogens with zero attached hydrogens (tertiary/aromatic N) is 3. The van der Waals surface area contributed by atoms with Crippen molar-refractivity contribution in [3.05, 3.63) is 0 Å². The Balaban J connectivity index is 2.30. The number of nitrogens with one attached hydrogen (secondary N) is 1. The highest BCUT2D eigenvalue weighted by Gasteiger charge is 2.29. The van der Waals surface area contributed by atoms with Crippen molar-refractivity contribution in [2.75, 3.05) is 0 Å². The van der Waals surface area contributed by atoms with E-state index < -0.39 is 0 Å². The third-order valence-corrected chi connectivity index (χ3v) is 1.65. The summed E-state index contributed by atoms with van der Waals surface area (Å²) in [6.45, 7) is 1.84. The van der Waals surface area contributed by atoms with Crippen LogP contribution < -0.4 is 5.43 Å². The van der Waals surface area contributed by atoms with Crippen LogP contribution >= 0.6 is 0 Å². The van der Waals surface area contributed by atoms with Gasteiger partial charge in [-0.2, -0.15) is 0 Å². The number of aliphatic imine (C=N–C) groups is 2. The molecular formula is C6H8N4O. The fourth-order valence-corrected chi connectivity index (χ4v) is 1.13. The second-order valence-electron chi connectivity index (χ2n) is 2.56. The van der Waals surface area contributed by atoms with Gasteiger partial charge in [-0.25, -0.2) is 15.0 Å². The summed E-state index contributed by atoms with van der Waals surface area (Å²) < 4.78 is 0. The largest absolute Gasteiger partial charge is 0.282 e. The Morgan fingerprint density at radius 3 is 3.45 bits per heavy atom. The van der Waals surface area contributed by atoms with Crippen molar-refractivity contribution in [1.82, 2.24) is 10.4 Å². The Morgan fingerprint density at radius 2 is 2.64 bits per heavy atom. The number of hydrazine groups is 1. The summed E-state index contributed by atoms with van der Waals surface area (Å²) >= 11 is 0. The lowest BCUT2D eigenvalue weighted by molar-refractivity contribution is -0.133. The van der Waals surface area contributed by atoms with E-state index in [4.69, 9.17) is 0 Å². The van der Waals surface area contributed by atoms with Crippen molar-refractivity contribution >= 4 is 18.0 Å². The summed E-state index contributed by atoms with van der Waals surface area (Å²) in [6, 6.07) is 0. The molecule has 1 amide bonds. The van der Waals surface area contributed by atoms with Gasteiger partial charge in [0.25, 0.3) is 0 Å². The standard InChI is InChI=1S/C6H8N4O/c1-4-2-5(11)10-6(9-4)7-3-8-10/h3,6H,2H2,1H3,(H,7,8). The van der Waals surface area contributed by atoms with Crippen molar-refractivity contribution in [2.24, 2.45) is 9.98 Å². The highest BCUT2D eigenvalue weighted by molar-refractivity contribution is 6.02. The zero-order valence-corrected chi connectivity index (χ0v) is 6.11. The van der Waals surface area contributed by atoms with Gasteiger partial charge in [0.15, 0.2) is 0 Å². The number of carbonyl (C=O) groups is 1. The van der Waals surface area contributed by atoms with E-state index in [1.165, 1.54) is 11.3 Å². The average Bonchev–Trinajstić information content (AvgIpc) is 2.34. The van der Waals surface area contributed by atoms with Gasteiger partial charge in [-0.05, 0) is 6.92 Å². The maximum atomic E-state index is 11.2. The molecule has 0 fully saturated rings. The molecule has 0 aromatic rings. The number of carbonyl (C=O) groups excluding carboxylic acids is 1. The van der Waals surface area contributed by atoms with Crippen LogP contribution in [0.25, 0.3) is 0 Å². The zero-order valence-electron chi connectivity index (χ0n) is 6.11. The molecule has 1 N–H and O–H groups in total. The summed E-state index contributed by atoms with van der Waals surface area (Å²) in [7, 11) is 0. The lowest BCUT2D eigenvalue weighted by atomic mass is 10.2. The maximum Gasteiger partial charge on any atom is 0.250 e. The summed E-state index contributed by atoms with van der Waals surface area (Å²) in [5.41, 5.74) is 3.56. The Morgan fingerprint density at radius 1 is 1.82 bits per heavy atom. The van der Waals surface area contributed by atoms with Crippen LogP contribution in [0.1, 0.15) is 13.3 Å². The van der Waals surface area contributed by atoms with E-state index in [1.54, 1.807) is 0 Å². The molecule has 0 aliphatic carbocycles. The fourth-order valence-electron chi connectivity index (χ4n) is 1.13. The molecule has 5 heteroatoms. The molecule has 1 atom stereocenters. The molecule has 11 heavy (non-hydrogen) atoms. The van der Waals surface area contributed by atoms with E-state index in [0.29, 0.717) is 6.42 Å². The van der Waals surface area contributed by atoms with Crippen LogP contribution in [-0.4, -0.2) is 29.3 Å². The summed E-state index contributed by atoms with van der Waals surface area (Å²) in [6.07, 6.45) is 1.54. The third-order valence-electron chi connectivity index (χ3n) is 1.65. The van der Waals surface area contributed by atoms with E-state index >= 15 is 0 Å². The van der Waals surface area contributed by atoms with Gasteiger partial charge in [0, 0.05) is 5.71 Å². The van der Waals surface area contributed by atoms with Crippen LogP contribution in [0.3, 0.4) is 0 Å². The quantitative estimate of drug-likeness (QED) is 0.509. The minimum atomic E-state index is -0.351. The predicted octanol–water partition coefficient (Wildman–Crippen LogP) is -0.490. The molecule has 0 saturated heterocycles. The number of rotatable bonds is 0. The monoisotopic (exact) mass is 152 g/mol. The SMILES string of the molecule is CC1=NC2N=CNN2C(=O)C1. The van der Waals surface area contributed by atoms with E-state index in [0.717, 1.165) is 5.71 Å². The smallest absolute Gasteiger partial charge is 0.250 e. The van der Waals surface area contributed by atoms with Crippen LogP contribution in [-0.2, 0) is 4.79 Å². The van der Waals surface area contributed by atoms with Gasteiger partial charge in [-0.3, -0.25) is 10.2 Å². The second kappa shape index (κ2) is 2.05. The third kappa shape index (κ3) is 0.886. The number of hydrogen-bond donors (Lipinski definition) is 1. The van der Waals surface area contributed by atoms with Crippen molar-refractivity contribution in [2.45, 2.75) is 19.6 Å². The molecule has 58 valence electrons. The highest BCUT2D eigenvalue weighted by Crippen LogP contribution is 2.12. The minimum Gasteiger partial charge on any atom is -0.282 e. The van der Waals surface area contributed by atoms with Crippen molar-refractivity contribution in [3.63, 3.8) is 0 Å². The van der Waals surface area contributed by atoms with Crippen LogP contribution in [0.15, 0.2) is 9.98 Å². The van der Waals surface area contributed by atoms with Crippen LogP contribution in [0.4, 0.5) is 0 Å². The van der Waals surface area contributed by atoms with Gasteiger partial charge < -0.3 is 0 Å². The minimum absolute atomic E-state index is 0.0278. The second-order valence-corrected chi connectivity index (χ2v) is 2.56. The van der Waals surface area contributed by atoms with E-state index in [9.17, 15) is 4.79 Å². The molecule has 2 rings (SSSR count). The van der Waals surface area contributed by atoms with Gasteiger partial charge in [-0.1, -0.05) is 0 Å². The summed E-state index contributed by atoms with van der Waals surface area (Å²) in [5, 5.41) is 1.42. The van der Waals surface area contributed by atoms with Gasteiger partial charge in [0.2, 0.25) is 12.2 Å². The normalized spacial score (nSPS) is 28.1. The first-order valence-electron chi connectivity index (χ1n) is 3.40. The van der Waals surface area contributed by atoms with Crippen LogP contribution in [0.5, 0.6) is 0 Å². The molecule has 5 nitrogen and oxygen atoms in total. The number of hydrogen-bond acceptors (Lipinski definition) is 4. The van der Waals surface area contributed by atoms with Crippen molar-refractivity contribution < 1.29 is 4.79 Å². The maximum absolute atomic E-state index is 11.2. The summed E-state index contributed by atoms with van der Waals surface area (Å²) in [4.78, 5) is 19.3. The lowest BCUT2D eigenvalue weighted by Crippen LogP contribution is -2.46. The molecule has 0 radical (unpaired) electrons. The molecular weight excluding hydrogens is 144 g/mol. The fraction of sp³-hybridized carbons (Fsp3) is 0.500. The van der Waals surface area contributed by atoms with E-state index in [2.05, 4.69) is 15.4 Å². The molecule has 0 spiro atoms. The van der Waals surface area contributed by atoms with Crippen molar-refractivity contribution in [3.8, 4) is 0 Å². The molecule has 1 unspecified atom stereocenters. The van der Waals surface area contributed by atoms with Gasteiger partial charge >= 0.3 is 0 Å². The lowest BCUT2D eigenvalue weighted by Gasteiger charge is -2.24. The number of amides is 1. The van der Waals surface area contributed by atoms with Gasteiger partial charge in [-0.15, -0.1) is 0 Å². The van der Waals surface area contributed by atoms with Gasteiger partial charge in [0.05, 0.1) is 6.42 Å². The Hall–Kier alpha value is -1.39. The molecule has 0 aromatic carbocycles. The highest BCUT2D eigenvalue weighted by atomic mass is 16.2. The first-order chi connectivity index (χ1) is 5.27. The topological polar surface area (TPSA) is 57.1 Å². The molecule has 0 bridgehead atoms. The van der Waals surface area contributed by atoms with Crippen molar-refractivity contribution in [1.29, 1.82) is 0 Å².